The summed E-state index contributed by atoms with van der Waals surface area (Å²) in [5.41, 5.74) is 2.98. The van der Waals surface area contributed by atoms with E-state index in [1.54, 1.807) is 0 Å². The van der Waals surface area contributed by atoms with Gasteiger partial charge < -0.3 is 14.6 Å². The highest BCUT2D eigenvalue weighted by atomic mass is 16.3. The van der Waals surface area contributed by atoms with Crippen molar-refractivity contribution in [3.63, 3.8) is 0 Å². The Balaban J connectivity index is 1.56. The maximum absolute atomic E-state index is 13.5. The molecule has 4 atom stereocenters. The van der Waals surface area contributed by atoms with Gasteiger partial charge in [-0.15, -0.1) is 0 Å². The third-order valence-electron chi connectivity index (χ3n) is 7.69. The highest BCUT2D eigenvalue weighted by Crippen LogP contribution is 2.48. The fourth-order valence-corrected chi connectivity index (χ4v) is 6.16. The van der Waals surface area contributed by atoms with Crippen LogP contribution in [0.5, 0.6) is 0 Å². The molecule has 4 aliphatic rings. The Morgan fingerprint density at radius 3 is 2.66 bits per heavy atom. The van der Waals surface area contributed by atoms with Crippen molar-refractivity contribution >= 4 is 11.5 Å². The third-order valence-corrected chi connectivity index (χ3v) is 7.69. The Morgan fingerprint density at radius 1 is 1.17 bits per heavy atom. The Hall–Kier alpha value is -1.92. The van der Waals surface area contributed by atoms with Gasteiger partial charge in [-0.2, -0.15) is 0 Å². The molecule has 0 aromatic carbocycles. The van der Waals surface area contributed by atoms with Gasteiger partial charge in [0, 0.05) is 49.5 Å². The van der Waals surface area contributed by atoms with E-state index in [1.807, 2.05) is 22.6 Å². The lowest BCUT2D eigenvalue weighted by molar-refractivity contribution is -0.139. The van der Waals surface area contributed by atoms with Crippen LogP contribution in [0.2, 0.25) is 0 Å². The first-order chi connectivity index (χ1) is 14.1. The fourth-order valence-electron chi connectivity index (χ4n) is 6.16. The SMILES string of the molecule is CN1[C@@H]2c3ccc(C4=CCCC4)c(=O)n3C[C@H]1[C@H](CO)[C@H]2C(=O)N1CCCCC1. The molecule has 2 saturated heterocycles. The van der Waals surface area contributed by atoms with E-state index in [1.165, 1.54) is 6.42 Å². The number of likely N-dealkylation sites (tertiary alicyclic amines) is 1. The normalized spacial score (nSPS) is 31.7. The molecule has 0 spiro atoms. The predicted molar refractivity (Wildman–Crippen MR) is 111 cm³/mol. The zero-order valence-corrected chi connectivity index (χ0v) is 17.2. The first-order valence-corrected chi connectivity index (χ1v) is 11.2. The van der Waals surface area contributed by atoms with Gasteiger partial charge in [-0.1, -0.05) is 6.08 Å². The van der Waals surface area contributed by atoms with Crippen LogP contribution in [0.25, 0.3) is 5.57 Å². The minimum atomic E-state index is -0.280. The van der Waals surface area contributed by atoms with Crippen LogP contribution in [0.1, 0.15) is 55.8 Å². The van der Waals surface area contributed by atoms with Gasteiger partial charge in [0.2, 0.25) is 5.91 Å². The first kappa shape index (κ1) is 19.1. The lowest BCUT2D eigenvalue weighted by Gasteiger charge is -2.36. The van der Waals surface area contributed by atoms with Gasteiger partial charge in [0.25, 0.3) is 5.56 Å². The van der Waals surface area contributed by atoms with E-state index in [-0.39, 0.29) is 42.0 Å². The van der Waals surface area contributed by atoms with Crippen molar-refractivity contribution in [2.45, 2.75) is 57.2 Å². The third kappa shape index (κ3) is 2.91. The second-order valence-corrected chi connectivity index (χ2v) is 9.15. The van der Waals surface area contributed by atoms with E-state index in [9.17, 15) is 14.7 Å². The number of piperidine rings is 1. The summed E-state index contributed by atoms with van der Waals surface area (Å²) >= 11 is 0. The van der Waals surface area contributed by atoms with Crippen molar-refractivity contribution in [3.05, 3.63) is 39.8 Å². The van der Waals surface area contributed by atoms with Crippen LogP contribution in [0.15, 0.2) is 23.0 Å². The summed E-state index contributed by atoms with van der Waals surface area (Å²) in [7, 11) is 2.04. The van der Waals surface area contributed by atoms with E-state index in [0.29, 0.717) is 6.54 Å². The molecule has 1 aromatic heterocycles. The van der Waals surface area contributed by atoms with Gasteiger partial charge in [-0.3, -0.25) is 14.5 Å². The summed E-state index contributed by atoms with van der Waals surface area (Å²) in [6.07, 6.45) is 8.61. The highest BCUT2D eigenvalue weighted by molar-refractivity contribution is 5.81. The van der Waals surface area contributed by atoms with Crippen molar-refractivity contribution in [2.24, 2.45) is 11.8 Å². The summed E-state index contributed by atoms with van der Waals surface area (Å²) in [5.74, 6) is -0.253. The molecular weight excluding hydrogens is 366 g/mol. The molecule has 1 N–H and O–H groups in total. The first-order valence-electron chi connectivity index (χ1n) is 11.2. The standard InChI is InChI=1S/C23H31N3O3/c1-24-19-13-26-18(10-9-16(22(26)28)15-7-3-4-8-15)21(24)20(17(19)14-27)23(29)25-11-5-2-6-12-25/h7,9-10,17,19-21,27H,2-6,8,11-14H2,1H3/t17-,19-,20+,21+/m0/s1. The van der Waals surface area contributed by atoms with Gasteiger partial charge in [0.05, 0.1) is 12.0 Å². The molecule has 6 nitrogen and oxygen atoms in total. The van der Waals surface area contributed by atoms with Crippen LogP contribution in [0, 0.1) is 11.8 Å². The lowest BCUT2D eigenvalue weighted by Crippen LogP contribution is -2.45. The van der Waals surface area contributed by atoms with Crippen LogP contribution >= 0.6 is 0 Å². The number of aliphatic hydroxyl groups excluding tert-OH is 1. The molecule has 2 fully saturated rings. The van der Waals surface area contributed by atoms with Crippen molar-refractivity contribution in [3.8, 4) is 0 Å². The number of amides is 1. The van der Waals surface area contributed by atoms with Crippen molar-refractivity contribution in [1.29, 1.82) is 0 Å². The molecule has 1 aromatic rings. The molecule has 0 saturated carbocycles. The molecule has 29 heavy (non-hydrogen) atoms. The average Bonchev–Trinajstić information content (AvgIpc) is 3.33. The van der Waals surface area contributed by atoms with E-state index < -0.39 is 0 Å². The van der Waals surface area contributed by atoms with Crippen molar-refractivity contribution in [1.82, 2.24) is 14.4 Å². The predicted octanol–water partition coefficient (Wildman–Crippen LogP) is 2.02. The van der Waals surface area contributed by atoms with Gasteiger partial charge in [0.1, 0.15) is 0 Å². The zero-order chi connectivity index (χ0) is 20.1. The van der Waals surface area contributed by atoms with E-state index in [4.69, 9.17) is 0 Å². The van der Waals surface area contributed by atoms with Crippen LogP contribution in [-0.4, -0.2) is 58.2 Å². The van der Waals surface area contributed by atoms with E-state index in [2.05, 4.69) is 17.0 Å². The molecule has 0 unspecified atom stereocenters. The number of pyridine rings is 1. The number of hydrogen-bond donors (Lipinski definition) is 1. The van der Waals surface area contributed by atoms with Gasteiger partial charge in [-0.05, 0) is 63.3 Å². The summed E-state index contributed by atoms with van der Waals surface area (Å²) < 4.78 is 1.90. The maximum atomic E-state index is 13.5. The summed E-state index contributed by atoms with van der Waals surface area (Å²) in [6.45, 7) is 2.16. The summed E-state index contributed by atoms with van der Waals surface area (Å²) in [4.78, 5) is 31.1. The number of carbonyl (C=O) groups is 1. The second kappa shape index (κ2) is 7.40. The van der Waals surface area contributed by atoms with E-state index in [0.717, 1.165) is 62.0 Å². The Morgan fingerprint density at radius 2 is 1.97 bits per heavy atom. The molecule has 4 heterocycles. The number of carbonyl (C=O) groups excluding carboxylic acids is 1. The summed E-state index contributed by atoms with van der Waals surface area (Å²) in [6, 6.07) is 3.90. The molecule has 3 aliphatic heterocycles. The molecule has 0 radical (unpaired) electrons. The monoisotopic (exact) mass is 397 g/mol. The Kier molecular flexibility index (Phi) is 4.87. The van der Waals surface area contributed by atoms with Gasteiger partial charge >= 0.3 is 0 Å². The molecule has 2 bridgehead atoms. The number of nitrogens with zero attached hydrogens (tertiary/aromatic N) is 3. The lowest BCUT2D eigenvalue weighted by atomic mass is 9.85. The quantitative estimate of drug-likeness (QED) is 0.848. The number of allylic oxidation sites excluding steroid dienone is 2. The van der Waals surface area contributed by atoms with Crippen LogP contribution in [0.3, 0.4) is 0 Å². The Bertz CT molecular complexity index is 899. The molecule has 1 aliphatic carbocycles. The summed E-state index contributed by atoms with van der Waals surface area (Å²) in [5, 5.41) is 10.2. The number of likely N-dealkylation sites (N-methyl/N-ethyl adjacent to an activating group) is 1. The average molecular weight is 398 g/mol. The molecule has 1 amide bonds. The number of aliphatic hydroxyl groups is 1. The highest BCUT2D eigenvalue weighted by Gasteiger charge is 2.55. The largest absolute Gasteiger partial charge is 0.396 e. The minimum absolute atomic E-state index is 0.0155. The molecular formula is C23H31N3O3. The van der Waals surface area contributed by atoms with Crippen molar-refractivity contribution in [2.75, 3.05) is 26.7 Å². The molecule has 156 valence electrons. The van der Waals surface area contributed by atoms with Gasteiger partial charge in [-0.25, -0.2) is 0 Å². The second-order valence-electron chi connectivity index (χ2n) is 9.15. The smallest absolute Gasteiger partial charge is 0.258 e. The number of rotatable bonds is 3. The molecule has 5 rings (SSSR count). The van der Waals surface area contributed by atoms with Crippen LogP contribution in [-0.2, 0) is 11.3 Å². The Labute approximate surface area is 171 Å². The maximum Gasteiger partial charge on any atom is 0.258 e. The van der Waals surface area contributed by atoms with Crippen LogP contribution in [0.4, 0.5) is 0 Å². The number of fused-ring (bicyclic) bond motifs is 4. The zero-order valence-electron chi connectivity index (χ0n) is 17.2. The van der Waals surface area contributed by atoms with E-state index >= 15 is 0 Å². The minimum Gasteiger partial charge on any atom is -0.396 e. The van der Waals surface area contributed by atoms with Crippen LogP contribution < -0.4 is 5.56 Å². The van der Waals surface area contributed by atoms with Gasteiger partial charge in [0.15, 0.2) is 0 Å². The van der Waals surface area contributed by atoms with Crippen molar-refractivity contribution < 1.29 is 9.90 Å². The molecule has 6 heteroatoms. The topological polar surface area (TPSA) is 65.8 Å². The number of hydrogen-bond acceptors (Lipinski definition) is 4. The fraction of sp³-hybridized carbons (Fsp3) is 0.652. The number of aromatic nitrogens is 1.